The van der Waals surface area contributed by atoms with E-state index in [1.165, 1.54) is 6.21 Å². The first kappa shape index (κ1) is 17.2. The van der Waals surface area contributed by atoms with Gasteiger partial charge in [0.05, 0.1) is 23.3 Å². The average molecular weight is 395 g/mol. The van der Waals surface area contributed by atoms with E-state index in [9.17, 15) is 9.59 Å². The van der Waals surface area contributed by atoms with E-state index in [1.54, 1.807) is 24.3 Å². The zero-order chi connectivity index (χ0) is 16.7. The van der Waals surface area contributed by atoms with Crippen molar-refractivity contribution in [3.63, 3.8) is 0 Å². The Kier molecular flexibility index (Phi) is 6.31. The molecule has 23 heavy (non-hydrogen) atoms. The Bertz CT molecular complexity index is 750. The number of carbonyl (C=O) groups is 2. The number of amides is 2. The molecule has 0 spiro atoms. The number of hydrazone groups is 1. The van der Waals surface area contributed by atoms with Crippen LogP contribution >= 0.6 is 27.5 Å². The molecule has 2 rings (SSSR count). The topological polar surface area (TPSA) is 70.6 Å². The lowest BCUT2D eigenvalue weighted by atomic mass is 10.2. The van der Waals surface area contributed by atoms with Gasteiger partial charge in [-0.3, -0.25) is 9.59 Å². The smallest absolute Gasteiger partial charge is 0.259 e. The third-order valence-corrected chi connectivity index (χ3v) is 3.60. The summed E-state index contributed by atoms with van der Waals surface area (Å²) in [4.78, 5) is 23.5. The highest BCUT2D eigenvalue weighted by atomic mass is 79.9. The van der Waals surface area contributed by atoms with Crippen LogP contribution in [0.15, 0.2) is 58.1 Å². The van der Waals surface area contributed by atoms with Gasteiger partial charge in [0, 0.05) is 4.47 Å². The minimum Gasteiger partial charge on any atom is -0.343 e. The molecule has 0 saturated carbocycles. The fourth-order valence-corrected chi connectivity index (χ4v) is 2.34. The number of hydrogen-bond donors (Lipinski definition) is 2. The molecule has 2 N–H and O–H groups in total. The van der Waals surface area contributed by atoms with Crippen LogP contribution in [0.25, 0.3) is 0 Å². The van der Waals surface area contributed by atoms with Crippen molar-refractivity contribution in [2.45, 2.75) is 0 Å². The third-order valence-electron chi connectivity index (χ3n) is 2.78. The van der Waals surface area contributed by atoms with Crippen LogP contribution in [0.2, 0.25) is 5.02 Å². The maximum Gasteiger partial charge on any atom is 0.259 e. The van der Waals surface area contributed by atoms with Crippen molar-refractivity contribution in [3.05, 3.63) is 69.2 Å². The van der Waals surface area contributed by atoms with Crippen molar-refractivity contribution < 1.29 is 9.59 Å². The molecular formula is C16H13BrClN3O2. The van der Waals surface area contributed by atoms with Crippen LogP contribution in [-0.4, -0.2) is 24.6 Å². The molecule has 0 saturated heterocycles. The molecule has 0 aromatic heterocycles. The van der Waals surface area contributed by atoms with E-state index in [1.807, 2.05) is 24.3 Å². The Morgan fingerprint density at radius 3 is 2.70 bits per heavy atom. The number of carbonyl (C=O) groups excluding carboxylic acids is 2. The highest BCUT2D eigenvalue weighted by Crippen LogP contribution is 2.14. The van der Waals surface area contributed by atoms with Gasteiger partial charge in [0.2, 0.25) is 0 Å². The van der Waals surface area contributed by atoms with E-state index in [0.29, 0.717) is 10.6 Å². The zero-order valence-corrected chi connectivity index (χ0v) is 14.3. The molecule has 5 nitrogen and oxygen atoms in total. The zero-order valence-electron chi connectivity index (χ0n) is 11.9. The SMILES string of the molecule is O=C(CNC(=O)c1ccccc1Cl)N/N=C\c1cccc(Br)c1. The fraction of sp³-hybridized carbons (Fsp3) is 0.0625. The molecule has 2 aromatic carbocycles. The molecule has 118 valence electrons. The van der Waals surface area contributed by atoms with Crippen LogP contribution in [0, 0.1) is 0 Å². The van der Waals surface area contributed by atoms with Gasteiger partial charge in [-0.15, -0.1) is 0 Å². The van der Waals surface area contributed by atoms with Crippen molar-refractivity contribution in [2.75, 3.05) is 6.54 Å². The molecule has 0 fully saturated rings. The molecular weight excluding hydrogens is 382 g/mol. The van der Waals surface area contributed by atoms with Crippen molar-refractivity contribution in [1.29, 1.82) is 0 Å². The van der Waals surface area contributed by atoms with Gasteiger partial charge in [0.15, 0.2) is 0 Å². The number of hydrogen-bond acceptors (Lipinski definition) is 3. The summed E-state index contributed by atoms with van der Waals surface area (Å²) in [6, 6.07) is 14.1. The number of benzene rings is 2. The summed E-state index contributed by atoms with van der Waals surface area (Å²) >= 11 is 9.25. The fourth-order valence-electron chi connectivity index (χ4n) is 1.71. The lowest BCUT2D eigenvalue weighted by molar-refractivity contribution is -0.120. The maximum atomic E-state index is 11.9. The van der Waals surface area contributed by atoms with Crippen LogP contribution in [0.3, 0.4) is 0 Å². The molecule has 0 aliphatic rings. The summed E-state index contributed by atoms with van der Waals surface area (Å²) in [5.41, 5.74) is 3.49. The number of nitrogens with one attached hydrogen (secondary N) is 2. The third kappa shape index (κ3) is 5.50. The monoisotopic (exact) mass is 393 g/mol. The van der Waals surface area contributed by atoms with Gasteiger partial charge >= 0.3 is 0 Å². The summed E-state index contributed by atoms with van der Waals surface area (Å²) < 4.78 is 0.916. The van der Waals surface area contributed by atoms with E-state index in [2.05, 4.69) is 31.8 Å². The van der Waals surface area contributed by atoms with Crippen LogP contribution in [0.5, 0.6) is 0 Å². The molecule has 2 amide bonds. The lowest BCUT2D eigenvalue weighted by Gasteiger charge is -2.05. The van der Waals surface area contributed by atoms with Gasteiger partial charge in [-0.05, 0) is 29.8 Å². The Labute approximate surface area is 146 Å². The molecule has 7 heteroatoms. The van der Waals surface area contributed by atoms with Gasteiger partial charge in [-0.2, -0.15) is 5.10 Å². The minimum atomic E-state index is -0.434. The van der Waals surface area contributed by atoms with E-state index in [4.69, 9.17) is 11.6 Å². The van der Waals surface area contributed by atoms with E-state index in [0.717, 1.165) is 10.0 Å². The molecule has 0 aliphatic heterocycles. The number of nitrogens with zero attached hydrogens (tertiary/aromatic N) is 1. The van der Waals surface area contributed by atoms with Crippen LogP contribution in [-0.2, 0) is 4.79 Å². The van der Waals surface area contributed by atoms with E-state index < -0.39 is 11.8 Å². The molecule has 0 atom stereocenters. The molecule has 0 radical (unpaired) electrons. The molecule has 0 heterocycles. The van der Waals surface area contributed by atoms with Gasteiger partial charge < -0.3 is 5.32 Å². The summed E-state index contributed by atoms with van der Waals surface area (Å²) in [6.07, 6.45) is 1.51. The average Bonchev–Trinajstić information content (AvgIpc) is 2.53. The van der Waals surface area contributed by atoms with E-state index >= 15 is 0 Å². The van der Waals surface area contributed by atoms with Gasteiger partial charge in [0.1, 0.15) is 0 Å². The summed E-state index contributed by atoms with van der Waals surface area (Å²) in [5, 5.41) is 6.64. The number of halogens is 2. The van der Waals surface area contributed by atoms with Gasteiger partial charge in [0.25, 0.3) is 11.8 Å². The molecule has 0 aliphatic carbocycles. The second-order valence-electron chi connectivity index (χ2n) is 4.51. The second-order valence-corrected chi connectivity index (χ2v) is 5.83. The first-order chi connectivity index (χ1) is 11.1. The van der Waals surface area contributed by atoms with Gasteiger partial charge in [-0.1, -0.05) is 51.8 Å². The first-order valence-corrected chi connectivity index (χ1v) is 7.83. The Morgan fingerprint density at radius 1 is 1.17 bits per heavy atom. The standard InChI is InChI=1S/C16H13BrClN3O2/c17-12-5-3-4-11(8-12)9-20-21-15(22)10-19-16(23)13-6-1-2-7-14(13)18/h1-9H,10H2,(H,19,23)(H,21,22)/b20-9-. The largest absolute Gasteiger partial charge is 0.343 e. The summed E-state index contributed by atoms with van der Waals surface area (Å²) in [7, 11) is 0. The normalized spacial score (nSPS) is 10.5. The summed E-state index contributed by atoms with van der Waals surface area (Å²) in [5.74, 6) is -0.849. The predicted octanol–water partition coefficient (Wildman–Crippen LogP) is 2.98. The maximum absolute atomic E-state index is 11.9. The van der Waals surface area contributed by atoms with Gasteiger partial charge in [-0.25, -0.2) is 5.43 Å². The highest BCUT2D eigenvalue weighted by molar-refractivity contribution is 9.10. The van der Waals surface area contributed by atoms with Crippen LogP contribution < -0.4 is 10.7 Å². The van der Waals surface area contributed by atoms with Crippen molar-refractivity contribution in [2.24, 2.45) is 5.10 Å². The molecule has 0 bridgehead atoms. The minimum absolute atomic E-state index is 0.195. The quantitative estimate of drug-likeness (QED) is 0.604. The first-order valence-electron chi connectivity index (χ1n) is 6.66. The summed E-state index contributed by atoms with van der Waals surface area (Å²) in [6.45, 7) is -0.195. The Balaban J connectivity index is 1.81. The van der Waals surface area contributed by atoms with Crippen molar-refractivity contribution >= 4 is 45.6 Å². The van der Waals surface area contributed by atoms with Crippen molar-refractivity contribution in [3.8, 4) is 0 Å². The highest BCUT2D eigenvalue weighted by Gasteiger charge is 2.10. The van der Waals surface area contributed by atoms with Crippen LogP contribution in [0.1, 0.15) is 15.9 Å². The molecule has 2 aromatic rings. The number of rotatable bonds is 5. The second kappa shape index (κ2) is 8.45. The predicted molar refractivity (Wildman–Crippen MR) is 93.7 cm³/mol. The Hall–Kier alpha value is -2.18. The lowest BCUT2D eigenvalue weighted by Crippen LogP contribution is -2.35. The van der Waals surface area contributed by atoms with Crippen LogP contribution in [0.4, 0.5) is 0 Å². The molecule has 0 unspecified atom stereocenters. The van der Waals surface area contributed by atoms with E-state index in [-0.39, 0.29) is 6.54 Å². The Morgan fingerprint density at radius 2 is 1.96 bits per heavy atom. The van der Waals surface area contributed by atoms with Crippen molar-refractivity contribution in [1.82, 2.24) is 10.7 Å².